The van der Waals surface area contributed by atoms with Crippen LogP contribution in [0.15, 0.2) is 42.5 Å². The molecule has 3 aliphatic heterocycles. The van der Waals surface area contributed by atoms with Gasteiger partial charge in [-0.05, 0) is 71.2 Å². The van der Waals surface area contributed by atoms with E-state index in [1.165, 1.54) is 6.33 Å². The summed E-state index contributed by atoms with van der Waals surface area (Å²) >= 11 is 0. The number of hydrogen-bond acceptors (Lipinski definition) is 14. The van der Waals surface area contributed by atoms with E-state index < -0.39 is 72.7 Å². The van der Waals surface area contributed by atoms with Crippen LogP contribution < -0.4 is 0 Å². The fourth-order valence-corrected chi connectivity index (χ4v) is 7.99. The van der Waals surface area contributed by atoms with Crippen LogP contribution in [0.25, 0.3) is 0 Å². The number of hydrogen-bond donors (Lipinski definition) is 2. The Balaban J connectivity index is 1.59. The second kappa shape index (κ2) is 22.1. The summed E-state index contributed by atoms with van der Waals surface area (Å²) in [4.78, 5) is 51.5. The molecule has 2 fully saturated rings. The average molecular weight is 773 g/mol. The predicted octanol–water partition coefficient (Wildman–Crippen LogP) is 2.94. The molecule has 0 aliphatic carbocycles. The Labute approximate surface area is 326 Å². The highest BCUT2D eigenvalue weighted by molar-refractivity contribution is 5.91. The van der Waals surface area contributed by atoms with Gasteiger partial charge in [0.2, 0.25) is 0 Å². The number of esters is 1. The number of cyclic esters (lactones) is 1. The Hall–Kier alpha value is -2.95. The Morgan fingerprint density at radius 2 is 1.76 bits per heavy atom. The zero-order valence-electron chi connectivity index (χ0n) is 33.7. The van der Waals surface area contributed by atoms with Crippen molar-refractivity contribution in [1.29, 1.82) is 0 Å². The van der Waals surface area contributed by atoms with Crippen LogP contribution in [0.1, 0.15) is 72.3 Å². The van der Waals surface area contributed by atoms with E-state index in [2.05, 4.69) is 14.9 Å². The predicted molar refractivity (Wildman–Crippen MR) is 205 cm³/mol. The molecule has 1 aromatic heterocycles. The molecular weight excluding hydrogens is 708 g/mol. The number of nitrogens with zero attached hydrogens (tertiary/aromatic N) is 4. The van der Waals surface area contributed by atoms with Gasteiger partial charge >= 0.3 is 5.97 Å². The van der Waals surface area contributed by atoms with Crippen LogP contribution in [-0.2, 0) is 44.5 Å². The van der Waals surface area contributed by atoms with Crippen molar-refractivity contribution in [2.24, 2.45) is 17.8 Å². The first-order valence-electron chi connectivity index (χ1n) is 19.9. The molecule has 0 aromatic carbocycles. The Kier molecular flexibility index (Phi) is 18.0. The van der Waals surface area contributed by atoms with Gasteiger partial charge in [-0.1, -0.05) is 38.5 Å². The summed E-state index contributed by atoms with van der Waals surface area (Å²) in [7, 11) is 3.70. The van der Waals surface area contributed by atoms with Crippen molar-refractivity contribution in [1.82, 2.24) is 19.8 Å². The van der Waals surface area contributed by atoms with Gasteiger partial charge in [-0.15, -0.1) is 0 Å². The fraction of sp³-hybridized carbons (Fsp3) is 0.732. The molecule has 308 valence electrons. The number of aromatic nitrogens is 2. The van der Waals surface area contributed by atoms with Crippen molar-refractivity contribution in [3.8, 4) is 0 Å². The Bertz CT molecular complexity index is 1410. The molecule has 0 spiro atoms. The average Bonchev–Trinajstić information content (AvgIpc) is 3.17. The van der Waals surface area contributed by atoms with Crippen LogP contribution in [0.4, 0.5) is 0 Å². The van der Waals surface area contributed by atoms with Crippen LogP contribution >= 0.6 is 0 Å². The summed E-state index contributed by atoms with van der Waals surface area (Å²) in [6, 6.07) is -0.777. The second-order valence-electron chi connectivity index (χ2n) is 15.6. The minimum absolute atomic E-state index is 0.0270. The Morgan fingerprint density at radius 1 is 1.05 bits per heavy atom. The molecule has 0 unspecified atom stereocenters. The lowest BCUT2D eigenvalue weighted by atomic mass is 9.79. The molecule has 4 heterocycles. The number of aryl methyl sites for hydroxylation is 1. The summed E-state index contributed by atoms with van der Waals surface area (Å²) in [6.45, 7) is 12.2. The van der Waals surface area contributed by atoms with Gasteiger partial charge in [0.05, 0.1) is 50.0 Å². The molecule has 0 amide bonds. The molecular formula is C41H64N4O10. The maximum atomic E-state index is 13.6. The molecule has 1 aromatic rings. The summed E-state index contributed by atoms with van der Waals surface area (Å²) in [6.07, 6.45) is 7.20. The number of aliphatic hydroxyl groups is 2. The highest BCUT2D eigenvalue weighted by Gasteiger charge is 2.48. The molecule has 12 atom stereocenters. The Morgan fingerprint density at radius 3 is 2.42 bits per heavy atom. The van der Waals surface area contributed by atoms with Crippen molar-refractivity contribution in [3.05, 3.63) is 48.1 Å². The number of morpholine rings is 1. The minimum atomic E-state index is -1.23. The molecule has 4 rings (SSSR count). The van der Waals surface area contributed by atoms with Gasteiger partial charge < -0.3 is 43.6 Å². The standard InChI is InChI=1S/C41H64N4O10/c1-8-35-32(45-14-18-51-19-15-45)20-26(2)11-12-33(47)27(3)21-31(13-16-46)39(28(4)34(48)22-36(49)54-35)55-41-38(50)37(44(6)7)40(29(5)53-41)52-17-9-10-30-23-42-25-43-24-30/h11-12,16,20,23-25,27-29,31-32,34-35,37-41,48,50H,8-10,13-15,17-19,21-22H2,1-7H3/b12-11+,26-20+/t27-,28+,29-,31+,32+,34-,35-,37-,38-,39-,40-,41+/m1/s1. The van der Waals surface area contributed by atoms with Gasteiger partial charge in [0.1, 0.15) is 30.9 Å². The van der Waals surface area contributed by atoms with Crippen LogP contribution in [0.3, 0.4) is 0 Å². The minimum Gasteiger partial charge on any atom is -0.460 e. The lowest BCUT2D eigenvalue weighted by molar-refractivity contribution is -0.308. The second-order valence-corrected chi connectivity index (χ2v) is 15.6. The summed E-state index contributed by atoms with van der Waals surface area (Å²) in [5, 5.41) is 23.5. The highest BCUT2D eigenvalue weighted by Crippen LogP contribution is 2.35. The van der Waals surface area contributed by atoms with Gasteiger partial charge in [0.15, 0.2) is 12.1 Å². The van der Waals surface area contributed by atoms with Gasteiger partial charge in [-0.2, -0.15) is 0 Å². The summed E-state index contributed by atoms with van der Waals surface area (Å²) in [5.41, 5.74) is 1.85. The number of carbonyl (C=O) groups excluding carboxylic acids is 3. The number of allylic oxidation sites excluding steroid dienone is 3. The molecule has 2 N–H and O–H groups in total. The van der Waals surface area contributed by atoms with Crippen molar-refractivity contribution in [2.45, 2.75) is 128 Å². The van der Waals surface area contributed by atoms with Gasteiger partial charge in [-0.25, -0.2) is 9.97 Å². The lowest BCUT2D eigenvalue weighted by Crippen LogP contribution is -2.64. The van der Waals surface area contributed by atoms with E-state index in [9.17, 15) is 24.6 Å². The fourth-order valence-electron chi connectivity index (χ4n) is 7.99. The van der Waals surface area contributed by atoms with Crippen LogP contribution in [0, 0.1) is 17.8 Å². The first-order valence-corrected chi connectivity index (χ1v) is 19.9. The quantitative estimate of drug-likeness (QED) is 0.181. The van der Waals surface area contributed by atoms with E-state index in [1.807, 2.05) is 52.8 Å². The smallest absolute Gasteiger partial charge is 0.308 e. The third kappa shape index (κ3) is 12.8. The van der Waals surface area contributed by atoms with Crippen molar-refractivity contribution in [2.75, 3.05) is 47.0 Å². The number of ketones is 1. The molecule has 14 nitrogen and oxygen atoms in total. The third-order valence-electron chi connectivity index (χ3n) is 11.2. The SMILES string of the molecule is CC[C@H]1OC(=O)C[C@@H](O)[C@H](C)[C@@H](O[C@@H]2O[C@H](C)[C@@H](OCCCc3cncnc3)[C@H](N(C)C)[C@H]2O)[C@@H](CC=O)C[C@@H](C)C(=O)/C=C/C(C)=C/[C@@H]1N1CCOCC1. The number of likely N-dealkylation sites (N-methyl/N-ethyl adjacent to an activating group) is 1. The van der Waals surface area contributed by atoms with E-state index in [-0.39, 0.29) is 31.1 Å². The maximum Gasteiger partial charge on any atom is 0.308 e. The normalized spacial score (nSPS) is 36.5. The molecule has 0 saturated carbocycles. The molecule has 3 aliphatic rings. The van der Waals surface area contributed by atoms with E-state index in [0.717, 1.165) is 30.3 Å². The van der Waals surface area contributed by atoms with Crippen LogP contribution in [0.5, 0.6) is 0 Å². The zero-order valence-corrected chi connectivity index (χ0v) is 33.7. The molecule has 55 heavy (non-hydrogen) atoms. The van der Waals surface area contributed by atoms with Crippen molar-refractivity contribution in [3.63, 3.8) is 0 Å². The largest absolute Gasteiger partial charge is 0.460 e. The number of rotatable bonds is 12. The van der Waals surface area contributed by atoms with E-state index >= 15 is 0 Å². The first-order chi connectivity index (χ1) is 26.3. The van der Waals surface area contributed by atoms with E-state index in [1.54, 1.807) is 31.5 Å². The monoisotopic (exact) mass is 772 g/mol. The molecule has 0 bridgehead atoms. The van der Waals surface area contributed by atoms with Crippen molar-refractivity contribution < 1.29 is 48.3 Å². The molecule has 0 radical (unpaired) electrons. The van der Waals surface area contributed by atoms with Crippen LogP contribution in [0.2, 0.25) is 0 Å². The number of ether oxygens (including phenoxy) is 5. The van der Waals surface area contributed by atoms with Crippen LogP contribution in [-0.4, -0.2) is 150 Å². The third-order valence-corrected chi connectivity index (χ3v) is 11.2. The zero-order chi connectivity index (χ0) is 40.1. The first kappa shape index (κ1) is 44.8. The topological polar surface area (TPSA) is 170 Å². The summed E-state index contributed by atoms with van der Waals surface area (Å²) < 4.78 is 31.0. The van der Waals surface area contributed by atoms with Gasteiger partial charge in [-0.3, -0.25) is 14.5 Å². The van der Waals surface area contributed by atoms with E-state index in [4.69, 9.17) is 23.7 Å². The lowest BCUT2D eigenvalue weighted by Gasteiger charge is -2.48. The highest BCUT2D eigenvalue weighted by atomic mass is 16.7. The number of aldehydes is 1. The van der Waals surface area contributed by atoms with Crippen molar-refractivity contribution >= 4 is 18.0 Å². The van der Waals surface area contributed by atoms with Gasteiger partial charge in [0.25, 0.3) is 0 Å². The van der Waals surface area contributed by atoms with Gasteiger partial charge in [0, 0.05) is 50.3 Å². The summed E-state index contributed by atoms with van der Waals surface area (Å²) in [5.74, 6) is -2.43. The molecule has 2 saturated heterocycles. The number of aliphatic hydroxyl groups excluding tert-OH is 2. The van der Waals surface area contributed by atoms with E-state index in [0.29, 0.717) is 39.3 Å². The maximum absolute atomic E-state index is 13.6. The molecule has 14 heteroatoms. The number of carbonyl (C=O) groups is 3.